The van der Waals surface area contributed by atoms with Crippen LogP contribution in [0.3, 0.4) is 0 Å². The van der Waals surface area contributed by atoms with Crippen molar-refractivity contribution in [1.29, 1.82) is 0 Å². The smallest absolute Gasteiger partial charge is 0.119 e. The van der Waals surface area contributed by atoms with Gasteiger partial charge in [0.1, 0.15) is 11.5 Å². The monoisotopic (exact) mass is 348 g/mol. The van der Waals surface area contributed by atoms with Gasteiger partial charge in [0, 0.05) is 4.83 Å². The molecule has 0 N–H and O–H groups in total. The number of methoxy groups -OCH3 is 2. The zero-order valence-corrected chi connectivity index (χ0v) is 14.3. The van der Waals surface area contributed by atoms with Gasteiger partial charge in [-0.25, -0.2) is 0 Å². The molecule has 1 unspecified atom stereocenters. The van der Waals surface area contributed by atoms with E-state index in [0.717, 1.165) is 24.3 Å². The average molecular weight is 349 g/mol. The Bertz CT molecular complexity index is 578. The van der Waals surface area contributed by atoms with Crippen LogP contribution < -0.4 is 9.47 Å². The molecule has 3 heteroatoms. The first-order valence-corrected chi connectivity index (χ1v) is 7.97. The third-order valence-corrected chi connectivity index (χ3v) is 4.61. The topological polar surface area (TPSA) is 18.5 Å². The largest absolute Gasteiger partial charge is 0.497 e. The fraction of sp³-hybridized carbons (Fsp3) is 0.333. The van der Waals surface area contributed by atoms with Crippen LogP contribution in [-0.4, -0.2) is 14.2 Å². The minimum Gasteiger partial charge on any atom is -0.497 e. The van der Waals surface area contributed by atoms with Gasteiger partial charge in [-0.1, -0.05) is 34.1 Å². The molecule has 0 fully saturated rings. The Labute approximate surface area is 135 Å². The summed E-state index contributed by atoms with van der Waals surface area (Å²) in [7, 11) is 3.39. The summed E-state index contributed by atoms with van der Waals surface area (Å²) in [6, 6.07) is 14.5. The van der Waals surface area contributed by atoms with Gasteiger partial charge in [-0.2, -0.15) is 0 Å². The van der Waals surface area contributed by atoms with Crippen molar-refractivity contribution in [3.63, 3.8) is 0 Å². The summed E-state index contributed by atoms with van der Waals surface area (Å²) >= 11 is 3.80. The summed E-state index contributed by atoms with van der Waals surface area (Å²) in [5.74, 6) is 1.81. The lowest BCUT2D eigenvalue weighted by atomic mass is 10.00. The van der Waals surface area contributed by atoms with E-state index in [2.05, 4.69) is 47.1 Å². The molecule has 0 aliphatic carbocycles. The molecule has 0 amide bonds. The second-order valence-electron chi connectivity index (χ2n) is 5.08. The molecular formula is C18H21BrO2. The number of hydrogen-bond acceptors (Lipinski definition) is 2. The Hall–Kier alpha value is -1.48. The van der Waals surface area contributed by atoms with E-state index < -0.39 is 0 Å². The molecule has 0 saturated carbocycles. The summed E-state index contributed by atoms with van der Waals surface area (Å²) in [6.45, 7) is 2.12. The standard InChI is InChI=1S/C18H21BrO2/c1-13-12-16(21-3)9-10-17(13)18(19)11-6-14-4-7-15(20-2)8-5-14/h4-5,7-10,12,18H,6,11H2,1-3H3. The van der Waals surface area contributed by atoms with E-state index in [1.807, 2.05) is 18.2 Å². The zero-order valence-electron chi connectivity index (χ0n) is 12.7. The lowest BCUT2D eigenvalue weighted by Gasteiger charge is -2.14. The van der Waals surface area contributed by atoms with Crippen molar-refractivity contribution in [1.82, 2.24) is 0 Å². The summed E-state index contributed by atoms with van der Waals surface area (Å²) < 4.78 is 10.4. The fourth-order valence-corrected chi connectivity index (χ4v) is 3.11. The molecule has 1 atom stereocenters. The molecule has 0 bridgehead atoms. The van der Waals surface area contributed by atoms with E-state index in [0.29, 0.717) is 4.83 Å². The van der Waals surface area contributed by atoms with E-state index in [1.54, 1.807) is 14.2 Å². The highest BCUT2D eigenvalue weighted by molar-refractivity contribution is 9.09. The maximum absolute atomic E-state index is 5.25. The van der Waals surface area contributed by atoms with Gasteiger partial charge >= 0.3 is 0 Å². The molecular weight excluding hydrogens is 328 g/mol. The average Bonchev–Trinajstić information content (AvgIpc) is 2.52. The third kappa shape index (κ3) is 4.24. The van der Waals surface area contributed by atoms with Crippen LogP contribution in [0.1, 0.15) is 27.9 Å². The molecule has 0 saturated heterocycles. The fourth-order valence-electron chi connectivity index (χ4n) is 2.37. The molecule has 112 valence electrons. The number of halogens is 1. The van der Waals surface area contributed by atoms with Gasteiger partial charge < -0.3 is 9.47 Å². The Kier molecular flexibility index (Phi) is 5.68. The SMILES string of the molecule is COc1ccc(CCC(Br)c2ccc(OC)cc2C)cc1. The number of benzene rings is 2. The first-order chi connectivity index (χ1) is 10.1. The lowest BCUT2D eigenvalue weighted by molar-refractivity contribution is 0.414. The van der Waals surface area contributed by atoms with Crippen LogP contribution in [0.25, 0.3) is 0 Å². The number of rotatable bonds is 6. The number of hydrogen-bond donors (Lipinski definition) is 0. The van der Waals surface area contributed by atoms with Crippen LogP contribution in [0.15, 0.2) is 42.5 Å². The Morgan fingerprint density at radius 2 is 1.57 bits per heavy atom. The van der Waals surface area contributed by atoms with Crippen molar-refractivity contribution < 1.29 is 9.47 Å². The second-order valence-corrected chi connectivity index (χ2v) is 6.18. The second kappa shape index (κ2) is 7.51. The molecule has 0 radical (unpaired) electrons. The molecule has 0 aliphatic rings. The van der Waals surface area contributed by atoms with Crippen molar-refractivity contribution in [2.75, 3.05) is 14.2 Å². The van der Waals surface area contributed by atoms with Crippen molar-refractivity contribution in [3.05, 3.63) is 59.2 Å². The van der Waals surface area contributed by atoms with Crippen molar-refractivity contribution in [2.45, 2.75) is 24.6 Å². The number of alkyl halides is 1. The minimum atomic E-state index is 0.352. The lowest BCUT2D eigenvalue weighted by Crippen LogP contribution is -1.97. The minimum absolute atomic E-state index is 0.352. The first-order valence-electron chi connectivity index (χ1n) is 7.05. The molecule has 0 spiro atoms. The highest BCUT2D eigenvalue weighted by Gasteiger charge is 2.11. The maximum Gasteiger partial charge on any atom is 0.119 e. The van der Waals surface area contributed by atoms with Crippen molar-refractivity contribution in [3.8, 4) is 11.5 Å². The molecule has 2 nitrogen and oxygen atoms in total. The molecule has 2 aromatic rings. The molecule has 21 heavy (non-hydrogen) atoms. The van der Waals surface area contributed by atoms with Gasteiger partial charge in [0.05, 0.1) is 14.2 Å². The third-order valence-electron chi connectivity index (χ3n) is 3.66. The van der Waals surface area contributed by atoms with E-state index in [-0.39, 0.29) is 0 Å². The van der Waals surface area contributed by atoms with E-state index in [4.69, 9.17) is 9.47 Å². The molecule has 0 heterocycles. The summed E-state index contributed by atoms with van der Waals surface area (Å²) in [5, 5.41) is 0. The molecule has 2 rings (SSSR count). The number of ether oxygens (including phenoxy) is 2. The van der Waals surface area contributed by atoms with Crippen LogP contribution in [0.2, 0.25) is 0 Å². The van der Waals surface area contributed by atoms with E-state index in [1.165, 1.54) is 16.7 Å². The van der Waals surface area contributed by atoms with Gasteiger partial charge in [0.15, 0.2) is 0 Å². The molecule has 0 aromatic heterocycles. The maximum atomic E-state index is 5.25. The van der Waals surface area contributed by atoms with E-state index >= 15 is 0 Å². The Balaban J connectivity index is 1.99. The van der Waals surface area contributed by atoms with Gasteiger partial charge in [-0.3, -0.25) is 0 Å². The first kappa shape index (κ1) is 15.9. The predicted molar refractivity (Wildman–Crippen MR) is 90.7 cm³/mol. The van der Waals surface area contributed by atoms with E-state index in [9.17, 15) is 0 Å². The molecule has 0 aliphatic heterocycles. The van der Waals surface area contributed by atoms with Crippen molar-refractivity contribution in [2.24, 2.45) is 0 Å². The predicted octanol–water partition coefficient (Wildman–Crippen LogP) is 5.08. The van der Waals surface area contributed by atoms with Crippen LogP contribution in [0, 0.1) is 6.92 Å². The van der Waals surface area contributed by atoms with Crippen LogP contribution in [-0.2, 0) is 6.42 Å². The summed E-state index contributed by atoms with van der Waals surface area (Å²) in [6.07, 6.45) is 2.09. The van der Waals surface area contributed by atoms with Crippen LogP contribution >= 0.6 is 15.9 Å². The van der Waals surface area contributed by atoms with Gasteiger partial charge in [-0.15, -0.1) is 0 Å². The van der Waals surface area contributed by atoms with Gasteiger partial charge in [0.2, 0.25) is 0 Å². The summed E-state index contributed by atoms with van der Waals surface area (Å²) in [4.78, 5) is 0.352. The quantitative estimate of drug-likeness (QED) is 0.677. The van der Waals surface area contributed by atoms with Crippen LogP contribution in [0.4, 0.5) is 0 Å². The van der Waals surface area contributed by atoms with Gasteiger partial charge in [-0.05, 0) is 60.7 Å². The normalized spacial score (nSPS) is 12.0. The Morgan fingerprint density at radius 3 is 2.14 bits per heavy atom. The van der Waals surface area contributed by atoms with Gasteiger partial charge in [0.25, 0.3) is 0 Å². The number of aryl methyl sites for hydroxylation is 2. The van der Waals surface area contributed by atoms with Crippen LogP contribution in [0.5, 0.6) is 11.5 Å². The molecule has 2 aromatic carbocycles. The Morgan fingerprint density at radius 1 is 0.952 bits per heavy atom. The zero-order chi connectivity index (χ0) is 15.2. The van der Waals surface area contributed by atoms with Crippen molar-refractivity contribution >= 4 is 15.9 Å². The summed E-state index contributed by atoms with van der Waals surface area (Å²) in [5.41, 5.74) is 3.90. The highest BCUT2D eigenvalue weighted by Crippen LogP contribution is 2.32. The highest BCUT2D eigenvalue weighted by atomic mass is 79.9.